The number of hydrogen-bond donors (Lipinski definition) is 1. The quantitative estimate of drug-likeness (QED) is 0.874. The predicted octanol–water partition coefficient (Wildman–Crippen LogP) is 2.61. The van der Waals surface area contributed by atoms with Crippen LogP contribution in [0.15, 0.2) is 46.4 Å². The van der Waals surface area contributed by atoms with Gasteiger partial charge in [-0.25, -0.2) is 9.79 Å². The molecular formula is C17H19ClN4O2S. The largest absolute Gasteiger partial charge is 0.332 e. The van der Waals surface area contributed by atoms with Crippen molar-refractivity contribution >= 4 is 40.5 Å². The highest BCUT2D eigenvalue weighted by Gasteiger charge is 2.48. The normalized spacial score (nSPS) is 23.5. The Balaban J connectivity index is 1.83. The number of allylic oxidation sites excluding steroid dienone is 1. The average Bonchev–Trinajstić information content (AvgIpc) is 2.96. The number of likely N-dealkylation sites (N-methyl/N-ethyl adjacent to an activating group) is 1. The Bertz CT molecular complexity index is 733. The molecule has 0 radical (unpaired) electrons. The molecule has 6 nitrogen and oxygen atoms in total. The smallest absolute Gasteiger partial charge is 0.325 e. The van der Waals surface area contributed by atoms with E-state index in [1.54, 1.807) is 25.7 Å². The molecule has 2 aliphatic heterocycles. The second kappa shape index (κ2) is 7.49. The maximum absolute atomic E-state index is 12.4. The van der Waals surface area contributed by atoms with E-state index in [1.165, 1.54) is 10.5 Å². The Kier molecular flexibility index (Phi) is 5.34. The molecule has 1 fully saturated rings. The number of fused-ring (bicyclic) bond motifs is 1. The minimum atomic E-state index is -0.534. The standard InChI is InChI=1S/C17H19ClN4O2S/c1-11(18)8-9-22-13-14(21(2)16(24)20-15(13)23)19-17(22)25-10-12-6-4-3-5-7-12/h3-8,13-14H,9-10H2,1-2H3,(H,20,23,24)/b11-8+. The number of amidine groups is 1. The van der Waals surface area contributed by atoms with Crippen LogP contribution in [0.4, 0.5) is 4.79 Å². The van der Waals surface area contributed by atoms with Crippen LogP contribution < -0.4 is 5.32 Å². The topological polar surface area (TPSA) is 65.0 Å². The number of carbonyl (C=O) groups is 2. The van der Waals surface area contributed by atoms with E-state index in [9.17, 15) is 9.59 Å². The number of halogens is 1. The van der Waals surface area contributed by atoms with Crippen molar-refractivity contribution in [1.29, 1.82) is 0 Å². The summed E-state index contributed by atoms with van der Waals surface area (Å²) in [6.07, 6.45) is 1.33. The minimum absolute atomic E-state index is 0.326. The lowest BCUT2D eigenvalue weighted by Gasteiger charge is -2.35. The number of amides is 3. The zero-order chi connectivity index (χ0) is 18.0. The summed E-state index contributed by atoms with van der Waals surface area (Å²) in [4.78, 5) is 32.3. The summed E-state index contributed by atoms with van der Waals surface area (Å²) < 4.78 is 0. The lowest BCUT2D eigenvalue weighted by atomic mass is 10.1. The van der Waals surface area contributed by atoms with Crippen LogP contribution in [0.1, 0.15) is 12.5 Å². The van der Waals surface area contributed by atoms with Gasteiger partial charge in [0, 0.05) is 24.4 Å². The molecular weight excluding hydrogens is 360 g/mol. The lowest BCUT2D eigenvalue weighted by Crippen LogP contribution is -2.63. The molecule has 0 aromatic heterocycles. The van der Waals surface area contributed by atoms with Crippen LogP contribution in [-0.2, 0) is 10.5 Å². The highest BCUT2D eigenvalue weighted by Crippen LogP contribution is 2.30. The fraction of sp³-hybridized carbons (Fsp3) is 0.353. The number of urea groups is 1. The van der Waals surface area contributed by atoms with Gasteiger partial charge >= 0.3 is 6.03 Å². The first kappa shape index (κ1) is 17.8. The van der Waals surface area contributed by atoms with Gasteiger partial charge in [0.05, 0.1) is 0 Å². The third-order valence-corrected chi connectivity index (χ3v) is 5.33. The predicted molar refractivity (Wildman–Crippen MR) is 100 cm³/mol. The maximum Gasteiger partial charge on any atom is 0.325 e. The second-order valence-corrected chi connectivity index (χ2v) is 7.43. The summed E-state index contributed by atoms with van der Waals surface area (Å²) in [7, 11) is 1.65. The second-order valence-electron chi connectivity index (χ2n) is 5.89. The van der Waals surface area contributed by atoms with E-state index in [2.05, 4.69) is 10.3 Å². The molecule has 0 bridgehead atoms. The fourth-order valence-corrected chi connectivity index (χ4v) is 3.85. The Hall–Kier alpha value is -1.99. The number of nitrogens with one attached hydrogen (secondary N) is 1. The van der Waals surface area contributed by atoms with Crippen molar-refractivity contribution in [1.82, 2.24) is 15.1 Å². The monoisotopic (exact) mass is 378 g/mol. The molecule has 0 aliphatic carbocycles. The van der Waals surface area contributed by atoms with E-state index < -0.39 is 18.2 Å². The molecule has 1 saturated heterocycles. The van der Waals surface area contributed by atoms with E-state index >= 15 is 0 Å². The van der Waals surface area contributed by atoms with Gasteiger partial charge in [-0.2, -0.15) is 0 Å². The van der Waals surface area contributed by atoms with Gasteiger partial charge in [0.1, 0.15) is 0 Å². The summed E-state index contributed by atoms with van der Waals surface area (Å²) in [5.74, 6) is 0.408. The zero-order valence-corrected chi connectivity index (χ0v) is 15.5. The molecule has 132 valence electrons. The van der Waals surface area contributed by atoms with Crippen molar-refractivity contribution in [2.45, 2.75) is 24.9 Å². The average molecular weight is 379 g/mol. The van der Waals surface area contributed by atoms with Gasteiger partial charge in [-0.15, -0.1) is 0 Å². The molecule has 2 atom stereocenters. The van der Waals surface area contributed by atoms with Crippen LogP contribution in [0.3, 0.4) is 0 Å². The molecule has 1 aromatic rings. The van der Waals surface area contributed by atoms with Crippen molar-refractivity contribution in [3.63, 3.8) is 0 Å². The van der Waals surface area contributed by atoms with Gasteiger partial charge < -0.3 is 9.80 Å². The molecule has 3 amide bonds. The van der Waals surface area contributed by atoms with E-state index in [1.807, 2.05) is 41.3 Å². The Labute approximate surface area is 155 Å². The SMILES string of the molecule is C/C(Cl)=C\CN1C(SCc2ccccc2)=NC2C1C(=O)NC(=O)N2C. The van der Waals surface area contributed by atoms with Crippen LogP contribution >= 0.6 is 23.4 Å². The van der Waals surface area contributed by atoms with E-state index in [0.717, 1.165) is 10.9 Å². The molecule has 8 heteroatoms. The van der Waals surface area contributed by atoms with Crippen LogP contribution in [0.25, 0.3) is 0 Å². The van der Waals surface area contributed by atoms with Crippen molar-refractivity contribution in [2.24, 2.45) is 4.99 Å². The van der Waals surface area contributed by atoms with Crippen molar-refractivity contribution in [3.05, 3.63) is 47.0 Å². The van der Waals surface area contributed by atoms with E-state index in [0.29, 0.717) is 11.6 Å². The van der Waals surface area contributed by atoms with Crippen LogP contribution in [0, 0.1) is 0 Å². The summed E-state index contributed by atoms with van der Waals surface area (Å²) in [5.41, 5.74) is 1.17. The minimum Gasteiger partial charge on any atom is -0.332 e. The number of benzene rings is 1. The van der Waals surface area contributed by atoms with Crippen LogP contribution in [-0.4, -0.2) is 52.7 Å². The van der Waals surface area contributed by atoms with Gasteiger partial charge in [-0.1, -0.05) is 59.8 Å². The van der Waals surface area contributed by atoms with Crippen molar-refractivity contribution in [3.8, 4) is 0 Å². The van der Waals surface area contributed by atoms with Gasteiger partial charge in [0.2, 0.25) is 0 Å². The highest BCUT2D eigenvalue weighted by atomic mass is 35.5. The van der Waals surface area contributed by atoms with Crippen LogP contribution in [0.5, 0.6) is 0 Å². The molecule has 2 heterocycles. The number of imide groups is 1. The number of aliphatic imine (C=N–C) groups is 1. The first-order valence-corrected chi connectivity index (χ1v) is 9.25. The van der Waals surface area contributed by atoms with Gasteiger partial charge in [0.25, 0.3) is 5.91 Å². The number of nitrogens with zero attached hydrogens (tertiary/aromatic N) is 3. The fourth-order valence-electron chi connectivity index (χ4n) is 2.76. The number of carbonyl (C=O) groups excluding carboxylic acids is 2. The van der Waals surface area contributed by atoms with E-state index in [4.69, 9.17) is 11.6 Å². The Morgan fingerprint density at radius 1 is 1.36 bits per heavy atom. The zero-order valence-electron chi connectivity index (χ0n) is 14.0. The summed E-state index contributed by atoms with van der Waals surface area (Å²) in [6, 6.07) is 9.09. The number of rotatable bonds is 4. The number of hydrogen-bond acceptors (Lipinski definition) is 5. The summed E-state index contributed by atoms with van der Waals surface area (Å²) in [6.45, 7) is 2.26. The first-order valence-electron chi connectivity index (χ1n) is 7.88. The summed E-state index contributed by atoms with van der Waals surface area (Å²) >= 11 is 7.52. The molecule has 1 N–H and O–H groups in total. The lowest BCUT2D eigenvalue weighted by molar-refractivity contribution is -0.126. The number of thioether (sulfide) groups is 1. The third kappa shape index (κ3) is 3.82. The van der Waals surface area contributed by atoms with Gasteiger partial charge in [-0.05, 0) is 12.5 Å². The Morgan fingerprint density at radius 3 is 2.76 bits per heavy atom. The third-order valence-electron chi connectivity index (χ3n) is 4.10. The highest BCUT2D eigenvalue weighted by molar-refractivity contribution is 8.13. The molecule has 2 unspecified atom stereocenters. The van der Waals surface area contributed by atoms with Gasteiger partial charge in [-0.3, -0.25) is 10.1 Å². The molecule has 2 aliphatic rings. The first-order chi connectivity index (χ1) is 12.0. The van der Waals surface area contributed by atoms with Crippen molar-refractivity contribution in [2.75, 3.05) is 13.6 Å². The molecule has 3 rings (SSSR count). The molecule has 1 aromatic carbocycles. The summed E-state index contributed by atoms with van der Waals surface area (Å²) in [5, 5.41) is 3.77. The van der Waals surface area contributed by atoms with E-state index in [-0.39, 0.29) is 5.91 Å². The molecule has 25 heavy (non-hydrogen) atoms. The molecule has 0 spiro atoms. The van der Waals surface area contributed by atoms with Gasteiger partial charge in [0.15, 0.2) is 17.4 Å². The van der Waals surface area contributed by atoms with Crippen LogP contribution in [0.2, 0.25) is 0 Å². The Morgan fingerprint density at radius 2 is 2.08 bits per heavy atom. The maximum atomic E-state index is 12.4. The van der Waals surface area contributed by atoms with Crippen molar-refractivity contribution < 1.29 is 9.59 Å². The molecule has 0 saturated carbocycles.